The number of nitrogens with two attached hydrogens (primary N) is 1. The second-order valence-corrected chi connectivity index (χ2v) is 5.59. The van der Waals surface area contributed by atoms with Crippen molar-refractivity contribution >= 4 is 29.3 Å². The van der Waals surface area contributed by atoms with E-state index in [4.69, 9.17) is 5.73 Å². The maximum atomic E-state index is 13.3. The Kier molecular flexibility index (Phi) is 4.83. The Bertz CT molecular complexity index is 475. The van der Waals surface area contributed by atoms with Crippen molar-refractivity contribution in [3.63, 3.8) is 0 Å². The van der Waals surface area contributed by atoms with Gasteiger partial charge in [-0.25, -0.2) is 14.4 Å². The second kappa shape index (κ2) is 6.61. The molecular weight excluding hydrogens is 269 g/mol. The van der Waals surface area contributed by atoms with Crippen LogP contribution in [0, 0.1) is 5.82 Å². The fraction of sp³-hybridized carbons (Fsp3) is 0.167. The highest BCUT2D eigenvalue weighted by Gasteiger charge is 2.03. The number of aromatic nitrogens is 2. The first-order valence-corrected chi connectivity index (χ1v) is 7.31. The molecule has 94 valence electrons. The maximum absolute atomic E-state index is 13.3. The Morgan fingerprint density at radius 3 is 2.56 bits per heavy atom. The predicted octanol–water partition coefficient (Wildman–Crippen LogP) is 3.08. The molecule has 0 saturated heterocycles. The molecule has 2 rings (SSSR count). The van der Waals surface area contributed by atoms with Gasteiger partial charge in [0.1, 0.15) is 10.8 Å². The van der Waals surface area contributed by atoms with Gasteiger partial charge in [-0.1, -0.05) is 12.1 Å². The number of rotatable bonds is 5. The standard InChI is InChI=1S/C12H12FN3S2/c13-9-3-1-2-4-10(9)17-7-8-18-12-11(14)15-5-6-16-12/h1-6H,7-8H2,(H2,14,15). The summed E-state index contributed by atoms with van der Waals surface area (Å²) in [5, 5.41) is 0.728. The summed E-state index contributed by atoms with van der Waals surface area (Å²) in [5.74, 6) is 1.87. The Morgan fingerprint density at radius 1 is 1.06 bits per heavy atom. The number of hydrogen-bond donors (Lipinski definition) is 1. The van der Waals surface area contributed by atoms with Crippen LogP contribution in [0.5, 0.6) is 0 Å². The van der Waals surface area contributed by atoms with Crippen LogP contribution < -0.4 is 5.73 Å². The molecule has 0 aliphatic rings. The summed E-state index contributed by atoms with van der Waals surface area (Å²) >= 11 is 3.02. The second-order valence-electron chi connectivity index (χ2n) is 3.37. The molecule has 3 nitrogen and oxygen atoms in total. The number of thioether (sulfide) groups is 2. The zero-order chi connectivity index (χ0) is 12.8. The molecule has 0 aliphatic heterocycles. The van der Waals surface area contributed by atoms with Gasteiger partial charge in [0, 0.05) is 28.8 Å². The molecule has 6 heteroatoms. The molecule has 0 aliphatic carbocycles. The first kappa shape index (κ1) is 13.2. The minimum atomic E-state index is -0.175. The van der Waals surface area contributed by atoms with E-state index < -0.39 is 0 Å². The molecule has 1 aromatic heterocycles. The Balaban J connectivity index is 1.80. The Morgan fingerprint density at radius 2 is 1.78 bits per heavy atom. The highest BCUT2D eigenvalue weighted by atomic mass is 32.2. The summed E-state index contributed by atoms with van der Waals surface area (Å²) in [6.07, 6.45) is 3.18. The summed E-state index contributed by atoms with van der Waals surface area (Å²) in [5.41, 5.74) is 5.68. The largest absolute Gasteiger partial charge is 0.381 e. The van der Waals surface area contributed by atoms with Gasteiger partial charge in [-0.05, 0) is 12.1 Å². The maximum Gasteiger partial charge on any atom is 0.156 e. The van der Waals surface area contributed by atoms with E-state index in [1.165, 1.54) is 29.6 Å². The van der Waals surface area contributed by atoms with Crippen LogP contribution in [0.15, 0.2) is 46.6 Å². The van der Waals surface area contributed by atoms with E-state index in [1.807, 2.05) is 6.07 Å². The smallest absolute Gasteiger partial charge is 0.156 e. The minimum absolute atomic E-state index is 0.175. The van der Waals surface area contributed by atoms with E-state index >= 15 is 0 Å². The van der Waals surface area contributed by atoms with Crippen molar-refractivity contribution < 1.29 is 4.39 Å². The lowest BCUT2D eigenvalue weighted by Crippen LogP contribution is -1.96. The van der Waals surface area contributed by atoms with Gasteiger partial charge in [-0.2, -0.15) is 0 Å². The van der Waals surface area contributed by atoms with Gasteiger partial charge >= 0.3 is 0 Å². The van der Waals surface area contributed by atoms with Crippen LogP contribution >= 0.6 is 23.5 Å². The Hall–Kier alpha value is -1.27. The number of nitrogens with zero attached hydrogens (tertiary/aromatic N) is 2. The summed E-state index contributed by atoms with van der Waals surface area (Å²) < 4.78 is 13.3. The van der Waals surface area contributed by atoms with Gasteiger partial charge in [-0.3, -0.25) is 0 Å². The first-order valence-electron chi connectivity index (χ1n) is 5.34. The van der Waals surface area contributed by atoms with Crippen LogP contribution in [0.25, 0.3) is 0 Å². The van der Waals surface area contributed by atoms with Crippen molar-refractivity contribution in [3.05, 3.63) is 42.5 Å². The lowest BCUT2D eigenvalue weighted by molar-refractivity contribution is 0.602. The van der Waals surface area contributed by atoms with Crippen molar-refractivity contribution in [1.29, 1.82) is 0 Å². The van der Waals surface area contributed by atoms with Crippen LogP contribution in [-0.4, -0.2) is 21.5 Å². The third-order valence-electron chi connectivity index (χ3n) is 2.11. The number of nitrogen functional groups attached to an aromatic ring is 1. The molecule has 0 radical (unpaired) electrons. The third-order valence-corrected chi connectivity index (χ3v) is 4.41. The van der Waals surface area contributed by atoms with Crippen molar-refractivity contribution in [2.45, 2.75) is 9.92 Å². The van der Waals surface area contributed by atoms with E-state index in [0.29, 0.717) is 10.7 Å². The number of hydrogen-bond acceptors (Lipinski definition) is 5. The zero-order valence-electron chi connectivity index (χ0n) is 9.54. The molecule has 0 amide bonds. The normalized spacial score (nSPS) is 10.5. The molecule has 0 unspecified atom stereocenters. The average molecular weight is 281 g/mol. The lowest BCUT2D eigenvalue weighted by atomic mass is 10.3. The van der Waals surface area contributed by atoms with Gasteiger partial charge in [0.15, 0.2) is 5.82 Å². The first-order chi connectivity index (χ1) is 8.77. The molecule has 2 aromatic rings. The average Bonchev–Trinajstić information content (AvgIpc) is 2.38. The van der Waals surface area contributed by atoms with Gasteiger partial charge in [0.05, 0.1) is 0 Å². The van der Waals surface area contributed by atoms with Crippen molar-refractivity contribution in [3.8, 4) is 0 Å². The summed E-state index contributed by atoms with van der Waals surface area (Å²) in [6, 6.07) is 6.77. The quantitative estimate of drug-likeness (QED) is 0.674. The molecule has 2 N–H and O–H groups in total. The van der Waals surface area contributed by atoms with E-state index in [9.17, 15) is 4.39 Å². The number of anilines is 1. The summed E-state index contributed by atoms with van der Waals surface area (Å²) in [6.45, 7) is 0. The third kappa shape index (κ3) is 3.61. The molecule has 0 bridgehead atoms. The molecule has 0 saturated carbocycles. The summed E-state index contributed by atoms with van der Waals surface area (Å²) in [4.78, 5) is 8.76. The van der Waals surface area contributed by atoms with Crippen molar-refractivity contribution in [2.75, 3.05) is 17.2 Å². The number of halogens is 1. The van der Waals surface area contributed by atoms with Gasteiger partial charge in [0.2, 0.25) is 0 Å². The van der Waals surface area contributed by atoms with Crippen LogP contribution in [0.2, 0.25) is 0 Å². The monoisotopic (exact) mass is 281 g/mol. The van der Waals surface area contributed by atoms with Gasteiger partial charge in [-0.15, -0.1) is 23.5 Å². The van der Waals surface area contributed by atoms with Gasteiger partial charge in [0.25, 0.3) is 0 Å². The molecule has 0 atom stereocenters. The number of benzene rings is 1. The van der Waals surface area contributed by atoms with Crippen LogP contribution in [0.4, 0.5) is 10.2 Å². The van der Waals surface area contributed by atoms with Crippen molar-refractivity contribution in [1.82, 2.24) is 9.97 Å². The van der Waals surface area contributed by atoms with Gasteiger partial charge < -0.3 is 5.73 Å². The fourth-order valence-corrected chi connectivity index (χ4v) is 3.10. The zero-order valence-corrected chi connectivity index (χ0v) is 11.2. The molecule has 0 fully saturated rings. The van der Waals surface area contributed by atoms with E-state index in [-0.39, 0.29) is 5.82 Å². The predicted molar refractivity (Wildman–Crippen MR) is 74.3 cm³/mol. The molecule has 1 heterocycles. The molecule has 0 spiro atoms. The van der Waals surface area contributed by atoms with Crippen LogP contribution in [0.1, 0.15) is 0 Å². The summed E-state index contributed by atoms with van der Waals surface area (Å²) in [7, 11) is 0. The van der Waals surface area contributed by atoms with E-state index in [0.717, 1.165) is 16.5 Å². The highest BCUT2D eigenvalue weighted by Crippen LogP contribution is 2.25. The Labute approximate surface area is 113 Å². The molecule has 1 aromatic carbocycles. The highest BCUT2D eigenvalue weighted by molar-refractivity contribution is 8.03. The molecule has 18 heavy (non-hydrogen) atoms. The van der Waals surface area contributed by atoms with E-state index in [1.54, 1.807) is 24.5 Å². The molecular formula is C12H12FN3S2. The van der Waals surface area contributed by atoms with Crippen molar-refractivity contribution in [2.24, 2.45) is 0 Å². The lowest BCUT2D eigenvalue weighted by Gasteiger charge is -2.04. The van der Waals surface area contributed by atoms with E-state index in [2.05, 4.69) is 9.97 Å². The van der Waals surface area contributed by atoms with Crippen LogP contribution in [-0.2, 0) is 0 Å². The minimum Gasteiger partial charge on any atom is -0.381 e. The SMILES string of the molecule is Nc1nccnc1SCCSc1ccccc1F. The topological polar surface area (TPSA) is 51.8 Å². The van der Waals surface area contributed by atoms with Crippen LogP contribution in [0.3, 0.4) is 0 Å². The fourth-order valence-electron chi connectivity index (χ4n) is 1.30.